The Labute approximate surface area is 118 Å². The molecule has 1 aromatic heterocycles. The maximum Gasteiger partial charge on any atom is 0.201 e. The van der Waals surface area contributed by atoms with Gasteiger partial charge in [0.05, 0.1) is 23.2 Å². The third-order valence-electron chi connectivity index (χ3n) is 4.28. The van der Waals surface area contributed by atoms with Crippen LogP contribution in [0.5, 0.6) is 0 Å². The molecule has 20 heavy (non-hydrogen) atoms. The lowest BCUT2D eigenvalue weighted by Gasteiger charge is -2.39. The van der Waals surface area contributed by atoms with E-state index in [-0.39, 0.29) is 12.1 Å². The highest BCUT2D eigenvalue weighted by atomic mass is 16.3. The molecule has 0 bridgehead atoms. The Morgan fingerprint density at radius 1 is 1.55 bits per heavy atom. The molecule has 5 N–H and O–H groups in total. The zero-order valence-electron chi connectivity index (χ0n) is 11.8. The molecule has 1 aliphatic rings. The molecule has 1 fully saturated rings. The Balaban J connectivity index is 1.87. The number of nitrogens with one attached hydrogen (secondary N) is 2. The molecule has 2 unspecified atom stereocenters. The van der Waals surface area contributed by atoms with Crippen LogP contribution in [-0.4, -0.2) is 27.2 Å². The van der Waals surface area contributed by atoms with Crippen molar-refractivity contribution in [3.63, 3.8) is 0 Å². The molecule has 3 rings (SSSR count). The highest BCUT2D eigenvalue weighted by Crippen LogP contribution is 2.34. The van der Waals surface area contributed by atoms with E-state index in [9.17, 15) is 5.11 Å². The van der Waals surface area contributed by atoms with Crippen LogP contribution < -0.4 is 11.1 Å². The Hall–Kier alpha value is -1.75. The van der Waals surface area contributed by atoms with Gasteiger partial charge in [0.15, 0.2) is 0 Å². The minimum Gasteiger partial charge on any atom is -0.399 e. The fourth-order valence-electron chi connectivity index (χ4n) is 3.29. The van der Waals surface area contributed by atoms with E-state index < -0.39 is 0 Å². The summed E-state index contributed by atoms with van der Waals surface area (Å²) in [6.45, 7) is 2.38. The molecule has 2 aromatic rings. The average molecular weight is 274 g/mol. The summed E-state index contributed by atoms with van der Waals surface area (Å²) in [4.78, 5) is 7.78. The lowest BCUT2D eigenvalue weighted by molar-refractivity contribution is 0.149. The standard InChI is InChI=1S/C15H22N4O/c1-10-3-2-6-15(8-10,9-20)19-14-17-12-5-4-11(16)7-13(12)18-14/h4-5,7,10,20H,2-3,6,8-9,16H2,1H3,(H2,17,18,19). The molecule has 0 amide bonds. The number of hydrogen-bond acceptors (Lipinski definition) is 4. The van der Waals surface area contributed by atoms with E-state index in [4.69, 9.17) is 5.73 Å². The first-order valence-corrected chi connectivity index (χ1v) is 7.24. The number of fused-ring (bicyclic) bond motifs is 1. The SMILES string of the molecule is CC1CCCC(CO)(Nc2nc3ccc(N)cc3[nH]2)C1. The summed E-state index contributed by atoms with van der Waals surface area (Å²) in [6.07, 6.45) is 4.33. The third-order valence-corrected chi connectivity index (χ3v) is 4.28. The van der Waals surface area contributed by atoms with Gasteiger partial charge in [-0.1, -0.05) is 19.8 Å². The minimum absolute atomic E-state index is 0.135. The molecule has 5 heteroatoms. The van der Waals surface area contributed by atoms with Gasteiger partial charge in [0.25, 0.3) is 0 Å². The van der Waals surface area contributed by atoms with Crippen LogP contribution in [0.3, 0.4) is 0 Å². The maximum absolute atomic E-state index is 9.82. The monoisotopic (exact) mass is 274 g/mol. The van der Waals surface area contributed by atoms with Gasteiger partial charge in [-0.3, -0.25) is 0 Å². The summed E-state index contributed by atoms with van der Waals surface area (Å²) in [7, 11) is 0. The zero-order chi connectivity index (χ0) is 14.2. The van der Waals surface area contributed by atoms with Crippen LogP contribution in [0.4, 0.5) is 11.6 Å². The van der Waals surface area contributed by atoms with E-state index in [2.05, 4.69) is 22.2 Å². The quantitative estimate of drug-likeness (QED) is 0.648. The van der Waals surface area contributed by atoms with Gasteiger partial charge in [0.2, 0.25) is 5.95 Å². The number of nitrogens with two attached hydrogens (primary N) is 1. The predicted molar refractivity (Wildman–Crippen MR) is 81.6 cm³/mol. The summed E-state index contributed by atoms with van der Waals surface area (Å²) in [5, 5.41) is 13.2. The molecule has 2 atom stereocenters. The van der Waals surface area contributed by atoms with Crippen LogP contribution in [-0.2, 0) is 0 Å². The topological polar surface area (TPSA) is 87.0 Å². The normalized spacial score (nSPS) is 26.8. The molecular formula is C15H22N4O. The van der Waals surface area contributed by atoms with Crippen LogP contribution >= 0.6 is 0 Å². The first kappa shape index (κ1) is 13.2. The second kappa shape index (κ2) is 4.98. The summed E-state index contributed by atoms with van der Waals surface area (Å²) in [5.41, 5.74) is 8.05. The molecule has 1 aliphatic carbocycles. The second-order valence-corrected chi connectivity index (χ2v) is 6.13. The van der Waals surface area contributed by atoms with Crippen LogP contribution in [0.1, 0.15) is 32.6 Å². The summed E-state index contributed by atoms with van der Waals surface area (Å²) in [5.74, 6) is 1.34. The summed E-state index contributed by atoms with van der Waals surface area (Å²) >= 11 is 0. The van der Waals surface area contributed by atoms with E-state index in [1.807, 2.05) is 18.2 Å². The van der Waals surface area contributed by atoms with E-state index in [1.54, 1.807) is 0 Å². The highest BCUT2D eigenvalue weighted by Gasteiger charge is 2.35. The summed E-state index contributed by atoms with van der Waals surface area (Å²) in [6, 6.07) is 5.63. The first-order chi connectivity index (χ1) is 9.60. The number of aliphatic hydroxyl groups is 1. The zero-order valence-corrected chi connectivity index (χ0v) is 11.8. The number of rotatable bonds is 3. The average Bonchev–Trinajstić information content (AvgIpc) is 2.79. The molecule has 0 aliphatic heterocycles. The highest BCUT2D eigenvalue weighted by molar-refractivity contribution is 5.80. The molecular weight excluding hydrogens is 252 g/mol. The molecule has 1 aromatic carbocycles. The van der Waals surface area contributed by atoms with Crippen LogP contribution in [0.2, 0.25) is 0 Å². The van der Waals surface area contributed by atoms with Crippen molar-refractivity contribution in [2.24, 2.45) is 5.92 Å². The molecule has 0 saturated heterocycles. The number of nitrogens with zero attached hydrogens (tertiary/aromatic N) is 1. The number of H-pyrrole nitrogens is 1. The van der Waals surface area contributed by atoms with Gasteiger partial charge in [-0.25, -0.2) is 4.98 Å². The fraction of sp³-hybridized carbons (Fsp3) is 0.533. The van der Waals surface area contributed by atoms with E-state index in [1.165, 1.54) is 6.42 Å². The number of aliphatic hydroxyl groups excluding tert-OH is 1. The number of nitrogen functional groups attached to an aromatic ring is 1. The largest absolute Gasteiger partial charge is 0.399 e. The second-order valence-electron chi connectivity index (χ2n) is 6.13. The van der Waals surface area contributed by atoms with Crippen molar-refractivity contribution in [3.8, 4) is 0 Å². The Bertz CT molecular complexity index is 609. The van der Waals surface area contributed by atoms with Crippen LogP contribution in [0, 0.1) is 5.92 Å². The number of aromatic amines is 1. The van der Waals surface area contributed by atoms with E-state index in [0.29, 0.717) is 11.9 Å². The number of hydrogen-bond donors (Lipinski definition) is 4. The Morgan fingerprint density at radius 3 is 3.15 bits per heavy atom. The molecule has 108 valence electrons. The molecule has 0 spiro atoms. The Kier molecular flexibility index (Phi) is 3.30. The maximum atomic E-state index is 9.82. The Morgan fingerprint density at radius 2 is 2.40 bits per heavy atom. The first-order valence-electron chi connectivity index (χ1n) is 7.24. The van der Waals surface area contributed by atoms with Crippen molar-refractivity contribution >= 4 is 22.7 Å². The fourth-order valence-corrected chi connectivity index (χ4v) is 3.29. The number of aromatic nitrogens is 2. The van der Waals surface area contributed by atoms with Crippen LogP contribution in [0.15, 0.2) is 18.2 Å². The van der Waals surface area contributed by atoms with Crippen molar-refractivity contribution in [3.05, 3.63) is 18.2 Å². The lowest BCUT2D eigenvalue weighted by Crippen LogP contribution is -2.46. The summed E-state index contributed by atoms with van der Waals surface area (Å²) < 4.78 is 0. The molecule has 1 heterocycles. The van der Waals surface area contributed by atoms with Crippen molar-refractivity contribution in [1.29, 1.82) is 0 Å². The van der Waals surface area contributed by atoms with Gasteiger partial charge >= 0.3 is 0 Å². The molecule has 0 radical (unpaired) electrons. The number of anilines is 2. The van der Waals surface area contributed by atoms with Crippen LogP contribution in [0.25, 0.3) is 11.0 Å². The van der Waals surface area contributed by atoms with E-state index >= 15 is 0 Å². The van der Waals surface area contributed by atoms with Gasteiger partial charge in [0.1, 0.15) is 0 Å². The van der Waals surface area contributed by atoms with Gasteiger partial charge in [-0.15, -0.1) is 0 Å². The van der Waals surface area contributed by atoms with Crippen molar-refractivity contribution < 1.29 is 5.11 Å². The lowest BCUT2D eigenvalue weighted by atomic mass is 9.77. The smallest absolute Gasteiger partial charge is 0.201 e. The van der Waals surface area contributed by atoms with Gasteiger partial charge in [0, 0.05) is 5.69 Å². The molecule has 1 saturated carbocycles. The number of imidazole rings is 1. The van der Waals surface area contributed by atoms with Crippen molar-refractivity contribution in [2.75, 3.05) is 17.7 Å². The minimum atomic E-state index is -0.253. The predicted octanol–water partition coefficient (Wildman–Crippen LogP) is 2.50. The van der Waals surface area contributed by atoms with Gasteiger partial charge in [-0.05, 0) is 37.0 Å². The third kappa shape index (κ3) is 2.45. The van der Waals surface area contributed by atoms with Crippen molar-refractivity contribution in [1.82, 2.24) is 9.97 Å². The van der Waals surface area contributed by atoms with E-state index in [0.717, 1.165) is 36.0 Å². The van der Waals surface area contributed by atoms with Gasteiger partial charge < -0.3 is 21.1 Å². The van der Waals surface area contributed by atoms with Gasteiger partial charge in [-0.2, -0.15) is 0 Å². The van der Waals surface area contributed by atoms with Crippen molar-refractivity contribution in [2.45, 2.75) is 38.1 Å². The number of benzene rings is 1. The molecule has 5 nitrogen and oxygen atoms in total.